The van der Waals surface area contributed by atoms with Gasteiger partial charge in [-0.2, -0.15) is 0 Å². The number of rotatable bonds is 2. The molecule has 122 valence electrons. The summed E-state index contributed by atoms with van der Waals surface area (Å²) < 4.78 is 5.03. The summed E-state index contributed by atoms with van der Waals surface area (Å²) in [5, 5.41) is 6.86. The third kappa shape index (κ3) is 5.26. The Morgan fingerprint density at radius 3 is 2.09 bits per heavy atom. The molecule has 1 aromatic rings. The van der Waals surface area contributed by atoms with Gasteiger partial charge in [0.1, 0.15) is 5.75 Å². The molecule has 0 aromatic heterocycles. The van der Waals surface area contributed by atoms with Gasteiger partial charge in [0.15, 0.2) is 0 Å². The zero-order valence-corrected chi connectivity index (χ0v) is 13.5. The fraction of sp³-hybridized carbons (Fsp3) is 0.200. The summed E-state index contributed by atoms with van der Waals surface area (Å²) in [6.45, 7) is 2.27. The summed E-state index contributed by atoms with van der Waals surface area (Å²) in [6.07, 6.45) is 1.58. The molecule has 0 bridgehead atoms. The molecule has 0 unspecified atom stereocenters. The Hall–Kier alpha value is -2.61. The highest BCUT2D eigenvalue weighted by molar-refractivity contribution is 8.18. The van der Waals surface area contributed by atoms with Crippen molar-refractivity contribution in [1.29, 1.82) is 0 Å². The molecule has 0 spiro atoms. The van der Waals surface area contributed by atoms with Gasteiger partial charge in [-0.1, -0.05) is 12.1 Å². The lowest BCUT2D eigenvalue weighted by Crippen LogP contribution is -2.32. The Labute approximate surface area is 136 Å². The van der Waals surface area contributed by atoms with Crippen molar-refractivity contribution in [3.63, 3.8) is 0 Å². The van der Waals surface area contributed by atoms with Crippen molar-refractivity contribution in [2.45, 2.75) is 13.8 Å². The molecule has 1 saturated heterocycles. The van der Waals surface area contributed by atoms with Crippen LogP contribution in [-0.4, -0.2) is 40.1 Å². The zero-order valence-electron chi connectivity index (χ0n) is 12.7. The number of ether oxygens (including phenoxy) is 1. The van der Waals surface area contributed by atoms with Crippen molar-refractivity contribution in [1.82, 2.24) is 4.90 Å². The first-order valence-corrected chi connectivity index (χ1v) is 7.20. The minimum Gasteiger partial charge on any atom is -0.497 e. The van der Waals surface area contributed by atoms with E-state index in [2.05, 4.69) is 0 Å². The van der Waals surface area contributed by atoms with E-state index in [-0.39, 0.29) is 4.91 Å². The summed E-state index contributed by atoms with van der Waals surface area (Å²) in [5.41, 5.74) is 0.759. The van der Waals surface area contributed by atoms with Gasteiger partial charge in [0, 0.05) is 13.8 Å². The largest absolute Gasteiger partial charge is 0.497 e. The van der Waals surface area contributed by atoms with E-state index in [4.69, 9.17) is 14.6 Å². The van der Waals surface area contributed by atoms with Crippen LogP contribution in [-0.2, 0) is 14.4 Å². The van der Waals surface area contributed by atoms with E-state index >= 15 is 0 Å². The maximum absolute atomic E-state index is 11.9. The maximum atomic E-state index is 11.9. The van der Waals surface area contributed by atoms with Gasteiger partial charge in [-0.3, -0.25) is 19.2 Å². The fourth-order valence-corrected chi connectivity index (χ4v) is 2.46. The monoisotopic (exact) mass is 337 g/mol. The fourth-order valence-electron chi connectivity index (χ4n) is 1.59. The third-order valence-corrected chi connectivity index (χ3v) is 3.39. The topological polar surface area (TPSA) is 101 Å². The first kappa shape index (κ1) is 18.4. The van der Waals surface area contributed by atoms with Gasteiger partial charge in [0.2, 0.25) is 5.91 Å². The van der Waals surface area contributed by atoms with Crippen LogP contribution in [0.4, 0.5) is 4.79 Å². The molecule has 7 nitrogen and oxygen atoms in total. The standard InChI is InChI=1S/C13H11NO4S.C2H4O2/c1-8(15)14-12(16)11(19-13(14)17)7-9-3-5-10(18-2)6-4-9;1-2(3)4/h3-7H,1-2H3;1H3,(H,3,4). The summed E-state index contributed by atoms with van der Waals surface area (Å²) in [7, 11) is 1.56. The predicted molar refractivity (Wildman–Crippen MR) is 84.8 cm³/mol. The van der Waals surface area contributed by atoms with Gasteiger partial charge >= 0.3 is 0 Å². The zero-order chi connectivity index (χ0) is 17.6. The molecule has 1 N–H and O–H groups in total. The van der Waals surface area contributed by atoms with Crippen molar-refractivity contribution in [2.24, 2.45) is 0 Å². The number of hydrogen-bond acceptors (Lipinski definition) is 6. The first-order valence-electron chi connectivity index (χ1n) is 6.38. The van der Waals surface area contributed by atoms with E-state index in [1.165, 1.54) is 6.92 Å². The number of carbonyl (C=O) groups excluding carboxylic acids is 3. The van der Waals surface area contributed by atoms with Gasteiger partial charge in [0.05, 0.1) is 12.0 Å². The number of carbonyl (C=O) groups is 4. The second kappa shape index (κ2) is 8.14. The number of amides is 3. The van der Waals surface area contributed by atoms with Crippen LogP contribution < -0.4 is 4.74 Å². The summed E-state index contributed by atoms with van der Waals surface area (Å²) in [6, 6.07) is 7.03. The highest BCUT2D eigenvalue weighted by Gasteiger charge is 2.37. The molecule has 0 radical (unpaired) electrons. The molecule has 0 saturated carbocycles. The van der Waals surface area contributed by atoms with Gasteiger partial charge in [-0.05, 0) is 35.5 Å². The number of aliphatic carboxylic acids is 1. The van der Waals surface area contributed by atoms with Gasteiger partial charge in [0.25, 0.3) is 17.1 Å². The summed E-state index contributed by atoms with van der Waals surface area (Å²) in [4.78, 5) is 44.4. The second-order valence-corrected chi connectivity index (χ2v) is 5.32. The van der Waals surface area contributed by atoms with Crippen molar-refractivity contribution in [3.05, 3.63) is 34.7 Å². The van der Waals surface area contributed by atoms with Crippen LogP contribution in [0.2, 0.25) is 0 Å². The van der Waals surface area contributed by atoms with E-state index < -0.39 is 23.0 Å². The van der Waals surface area contributed by atoms with Crippen LogP contribution in [0.1, 0.15) is 19.4 Å². The predicted octanol–water partition coefficient (Wildman–Crippen LogP) is 2.37. The van der Waals surface area contributed by atoms with Crippen LogP contribution >= 0.6 is 11.8 Å². The lowest BCUT2D eigenvalue weighted by molar-refractivity contribution is -0.136. The molecule has 1 aliphatic heterocycles. The Kier molecular flexibility index (Phi) is 6.52. The normalized spacial score (nSPS) is 15.3. The van der Waals surface area contributed by atoms with Crippen molar-refractivity contribution >= 4 is 40.9 Å². The SMILES string of the molecule is CC(=O)O.COc1ccc(C=C2SC(=O)N(C(C)=O)C2=O)cc1. The van der Waals surface area contributed by atoms with Crippen LogP contribution in [0.25, 0.3) is 6.08 Å². The maximum Gasteiger partial charge on any atom is 0.300 e. The Bertz CT molecular complexity index is 661. The number of hydrogen-bond donors (Lipinski definition) is 1. The molecular formula is C15H15NO6S. The molecule has 1 aromatic carbocycles. The molecule has 3 amide bonds. The number of thioether (sulfide) groups is 1. The van der Waals surface area contributed by atoms with E-state index in [1.54, 1.807) is 37.5 Å². The minimum atomic E-state index is -0.833. The quantitative estimate of drug-likeness (QED) is 0.827. The smallest absolute Gasteiger partial charge is 0.300 e. The van der Waals surface area contributed by atoms with Crippen molar-refractivity contribution in [3.8, 4) is 5.75 Å². The van der Waals surface area contributed by atoms with Crippen LogP contribution in [0.15, 0.2) is 29.2 Å². The highest BCUT2D eigenvalue weighted by atomic mass is 32.2. The number of imide groups is 3. The third-order valence-electron chi connectivity index (χ3n) is 2.52. The molecule has 0 atom stereocenters. The highest BCUT2D eigenvalue weighted by Crippen LogP contribution is 2.32. The molecule has 8 heteroatoms. The number of nitrogens with zero attached hydrogens (tertiary/aromatic N) is 1. The molecule has 1 heterocycles. The van der Waals surface area contributed by atoms with Crippen LogP contribution in [0, 0.1) is 0 Å². The number of methoxy groups -OCH3 is 1. The van der Waals surface area contributed by atoms with Crippen LogP contribution in [0.3, 0.4) is 0 Å². The lowest BCUT2D eigenvalue weighted by atomic mass is 10.2. The molecular weight excluding hydrogens is 322 g/mol. The van der Waals surface area contributed by atoms with E-state index in [1.807, 2.05) is 0 Å². The summed E-state index contributed by atoms with van der Waals surface area (Å²) in [5.74, 6) is -1.27. The Balaban J connectivity index is 0.000000593. The average molecular weight is 337 g/mol. The second-order valence-electron chi connectivity index (χ2n) is 4.33. The Morgan fingerprint density at radius 1 is 1.17 bits per heavy atom. The van der Waals surface area contributed by atoms with E-state index in [9.17, 15) is 14.4 Å². The molecule has 2 rings (SSSR count). The van der Waals surface area contributed by atoms with Gasteiger partial charge in [-0.25, -0.2) is 4.90 Å². The lowest BCUT2D eigenvalue weighted by Gasteiger charge is -2.05. The summed E-state index contributed by atoms with van der Waals surface area (Å²) >= 11 is 0.761. The molecule has 0 aliphatic carbocycles. The molecule has 1 fully saturated rings. The van der Waals surface area contributed by atoms with E-state index in [0.717, 1.165) is 24.2 Å². The number of carboxylic acid groups (broad SMARTS) is 1. The van der Waals surface area contributed by atoms with Gasteiger partial charge < -0.3 is 9.84 Å². The van der Waals surface area contributed by atoms with Crippen LogP contribution in [0.5, 0.6) is 5.75 Å². The Morgan fingerprint density at radius 2 is 1.70 bits per heavy atom. The van der Waals surface area contributed by atoms with Crippen molar-refractivity contribution in [2.75, 3.05) is 7.11 Å². The average Bonchev–Trinajstić information content (AvgIpc) is 2.73. The van der Waals surface area contributed by atoms with Crippen molar-refractivity contribution < 1.29 is 29.0 Å². The van der Waals surface area contributed by atoms with E-state index in [0.29, 0.717) is 10.6 Å². The molecule has 1 aliphatic rings. The first-order chi connectivity index (χ1) is 10.8. The number of benzene rings is 1. The minimum absolute atomic E-state index is 0.241. The van der Waals surface area contributed by atoms with Gasteiger partial charge in [-0.15, -0.1) is 0 Å². The number of carboxylic acids is 1. The molecule has 23 heavy (non-hydrogen) atoms.